The Morgan fingerprint density at radius 2 is 1.88 bits per heavy atom. The molecule has 1 N–H and O–H groups in total. The number of nitrogens with zero attached hydrogens (tertiary/aromatic N) is 3. The van der Waals surface area contributed by atoms with Crippen LogP contribution in [0.25, 0.3) is 0 Å². The van der Waals surface area contributed by atoms with E-state index in [0.29, 0.717) is 19.4 Å². The number of hydrogen-bond donors (Lipinski definition) is 1. The van der Waals surface area contributed by atoms with Crippen molar-refractivity contribution in [3.63, 3.8) is 0 Å². The van der Waals surface area contributed by atoms with Crippen LogP contribution in [0.1, 0.15) is 71.1 Å². The van der Waals surface area contributed by atoms with E-state index in [2.05, 4.69) is 4.90 Å². The molecule has 5 rings (SSSR count). The summed E-state index contributed by atoms with van der Waals surface area (Å²) >= 11 is 0. The lowest BCUT2D eigenvalue weighted by Crippen LogP contribution is -2.56. The summed E-state index contributed by atoms with van der Waals surface area (Å²) in [6.45, 7) is 3.12. The fourth-order valence-electron chi connectivity index (χ4n) is 5.98. The Balaban J connectivity index is 1.18. The summed E-state index contributed by atoms with van der Waals surface area (Å²) in [7, 11) is 0. The quantitative estimate of drug-likeness (QED) is 0.517. The predicted molar refractivity (Wildman–Crippen MR) is 136 cm³/mol. The van der Waals surface area contributed by atoms with Gasteiger partial charge in [0.1, 0.15) is 23.2 Å². The second-order valence-corrected chi connectivity index (χ2v) is 11.0. The van der Waals surface area contributed by atoms with Crippen LogP contribution in [0.3, 0.4) is 0 Å². The Kier molecular flexibility index (Phi) is 7.70. The van der Waals surface area contributed by atoms with Gasteiger partial charge in [0.05, 0.1) is 29.8 Å². The Bertz CT molecular complexity index is 1390. The average Bonchev–Trinajstić information content (AvgIpc) is 2.96. The molecule has 2 aromatic rings. The Labute approximate surface area is 234 Å². The molecule has 0 radical (unpaired) electrons. The average molecular weight is 576 g/mol. The molecule has 12 heteroatoms. The number of piperidine rings is 1. The summed E-state index contributed by atoms with van der Waals surface area (Å²) in [5.41, 5.74) is -1.78. The van der Waals surface area contributed by atoms with Crippen molar-refractivity contribution in [2.75, 3.05) is 26.4 Å². The van der Waals surface area contributed by atoms with Gasteiger partial charge < -0.3 is 19.5 Å². The smallest absolute Gasteiger partial charge is 0.416 e. The minimum absolute atomic E-state index is 0.0579. The molecular weight excluding hydrogens is 546 g/mol. The lowest BCUT2D eigenvalue weighted by atomic mass is 9.86. The molecule has 0 unspecified atom stereocenters. The maximum absolute atomic E-state index is 13.8. The third-order valence-corrected chi connectivity index (χ3v) is 8.37. The van der Waals surface area contributed by atoms with E-state index in [1.54, 1.807) is 19.1 Å². The normalized spacial score (nSPS) is 23.8. The lowest BCUT2D eigenvalue weighted by molar-refractivity contribution is -0.172. The number of rotatable bonds is 4. The van der Waals surface area contributed by atoms with Crippen LogP contribution in [0.2, 0.25) is 0 Å². The minimum Gasteiger partial charge on any atom is -0.478 e. The van der Waals surface area contributed by atoms with E-state index in [1.165, 1.54) is 17.0 Å². The van der Waals surface area contributed by atoms with Crippen LogP contribution < -0.4 is 4.74 Å². The summed E-state index contributed by atoms with van der Waals surface area (Å²) in [5.74, 6) is -2.27. The minimum atomic E-state index is -4.64. The molecule has 2 atom stereocenters. The van der Waals surface area contributed by atoms with Gasteiger partial charge in [-0.1, -0.05) is 6.07 Å². The van der Waals surface area contributed by atoms with E-state index in [0.717, 1.165) is 43.6 Å². The molecule has 0 saturated carbocycles. The number of likely N-dealkylation sites (tertiary alicyclic amines) is 1. The predicted octanol–water partition coefficient (Wildman–Crippen LogP) is 4.91. The number of amides is 1. The van der Waals surface area contributed by atoms with Crippen molar-refractivity contribution >= 4 is 11.9 Å². The van der Waals surface area contributed by atoms with E-state index in [4.69, 9.17) is 9.47 Å². The molecule has 3 aliphatic heterocycles. The number of halogens is 4. The van der Waals surface area contributed by atoms with Crippen molar-refractivity contribution in [1.82, 2.24) is 9.80 Å². The van der Waals surface area contributed by atoms with E-state index in [1.807, 2.05) is 0 Å². The maximum atomic E-state index is 13.8. The summed E-state index contributed by atoms with van der Waals surface area (Å²) in [4.78, 5) is 28.3. The molecule has 3 aliphatic rings. The summed E-state index contributed by atoms with van der Waals surface area (Å²) in [6.07, 6.45) is -2.02. The number of benzene rings is 2. The van der Waals surface area contributed by atoms with Crippen molar-refractivity contribution < 1.29 is 41.7 Å². The zero-order valence-corrected chi connectivity index (χ0v) is 22.3. The van der Waals surface area contributed by atoms with Gasteiger partial charge >= 0.3 is 12.1 Å². The molecule has 218 valence electrons. The van der Waals surface area contributed by atoms with Crippen LogP contribution in [0, 0.1) is 17.1 Å². The number of carboxylic acids is 1. The second-order valence-electron chi connectivity index (χ2n) is 11.0. The number of carbonyl (C=O) groups excluding carboxylic acids is 1. The third-order valence-electron chi connectivity index (χ3n) is 8.37. The van der Waals surface area contributed by atoms with Crippen LogP contribution in [0.5, 0.6) is 5.75 Å². The Morgan fingerprint density at radius 3 is 2.49 bits per heavy atom. The molecule has 0 bridgehead atoms. The molecule has 2 aromatic carbocycles. The van der Waals surface area contributed by atoms with Gasteiger partial charge in [-0.2, -0.15) is 18.4 Å². The van der Waals surface area contributed by atoms with Crippen LogP contribution in [-0.4, -0.2) is 64.9 Å². The van der Waals surface area contributed by atoms with Gasteiger partial charge in [0.2, 0.25) is 0 Å². The van der Waals surface area contributed by atoms with E-state index in [-0.39, 0.29) is 53.6 Å². The standard InChI is InChI=1S/C29H29F4N3O5/c1-28(27(39)36-14-20-11-21(29(31,32)33)10-19(13-34)25(20)40-16-36)7-4-22(15-41-28)35-8-5-17(6-9-35)18-2-3-24(30)23(12-18)26(37)38/h2-3,10-12,17,22H,4-9,14-16H2,1H3,(H,37,38)/t22-,28-/m1/s1. The highest BCUT2D eigenvalue weighted by atomic mass is 19.4. The van der Waals surface area contributed by atoms with Gasteiger partial charge in [-0.3, -0.25) is 9.69 Å². The van der Waals surface area contributed by atoms with Crippen LogP contribution in [0.4, 0.5) is 17.6 Å². The number of nitriles is 1. The zero-order valence-electron chi connectivity index (χ0n) is 22.3. The SMILES string of the molecule is C[C@]1(C(=O)N2COc3c(C#N)cc(C(F)(F)F)cc3C2)CC[C@@H](N2CCC(c3ccc(F)c(C(=O)O)c3)CC2)CO1. The van der Waals surface area contributed by atoms with Gasteiger partial charge in [-0.05, 0) is 81.4 Å². The fraction of sp³-hybridized carbons (Fsp3) is 0.483. The number of aromatic carboxylic acids is 1. The van der Waals surface area contributed by atoms with Crippen molar-refractivity contribution in [1.29, 1.82) is 5.26 Å². The van der Waals surface area contributed by atoms with Crippen molar-refractivity contribution in [3.05, 3.63) is 64.0 Å². The first-order valence-corrected chi connectivity index (χ1v) is 13.4. The zero-order chi connectivity index (χ0) is 29.5. The van der Waals surface area contributed by atoms with E-state index < -0.39 is 29.1 Å². The Hall–Kier alpha value is -3.69. The van der Waals surface area contributed by atoms with Gasteiger partial charge in [-0.25, -0.2) is 9.18 Å². The third kappa shape index (κ3) is 5.74. The topological polar surface area (TPSA) is 103 Å². The lowest BCUT2D eigenvalue weighted by Gasteiger charge is -2.45. The van der Waals surface area contributed by atoms with Gasteiger partial charge in [-0.15, -0.1) is 0 Å². The molecule has 0 aliphatic carbocycles. The number of alkyl halides is 3. The first-order valence-electron chi connectivity index (χ1n) is 13.4. The van der Waals surface area contributed by atoms with Crippen LogP contribution >= 0.6 is 0 Å². The highest BCUT2D eigenvalue weighted by Gasteiger charge is 2.44. The monoisotopic (exact) mass is 575 g/mol. The van der Waals surface area contributed by atoms with Crippen molar-refractivity contribution in [3.8, 4) is 11.8 Å². The van der Waals surface area contributed by atoms with Crippen LogP contribution in [0.15, 0.2) is 30.3 Å². The van der Waals surface area contributed by atoms with E-state index in [9.17, 15) is 37.5 Å². The first kappa shape index (κ1) is 28.8. The number of ether oxygens (including phenoxy) is 2. The number of fused-ring (bicyclic) bond motifs is 1. The largest absolute Gasteiger partial charge is 0.478 e. The van der Waals surface area contributed by atoms with Crippen molar-refractivity contribution in [2.45, 2.75) is 62.9 Å². The molecule has 0 aromatic heterocycles. The summed E-state index contributed by atoms with van der Waals surface area (Å²) in [5, 5.41) is 18.5. The maximum Gasteiger partial charge on any atom is 0.416 e. The molecule has 1 amide bonds. The molecule has 0 spiro atoms. The first-order chi connectivity index (χ1) is 19.4. The number of carbonyl (C=O) groups is 2. The highest BCUT2D eigenvalue weighted by Crippen LogP contribution is 2.39. The van der Waals surface area contributed by atoms with Crippen LogP contribution in [-0.2, 0) is 22.3 Å². The summed E-state index contributed by atoms with van der Waals surface area (Å²) in [6, 6.07) is 7.72. The Morgan fingerprint density at radius 1 is 1.15 bits per heavy atom. The second kappa shape index (κ2) is 10.9. The molecule has 2 fully saturated rings. The van der Waals surface area contributed by atoms with E-state index >= 15 is 0 Å². The number of hydrogen-bond acceptors (Lipinski definition) is 6. The number of carboxylic acid groups (broad SMARTS) is 1. The highest BCUT2D eigenvalue weighted by molar-refractivity contribution is 5.88. The molecular formula is C29H29F4N3O5. The van der Waals surface area contributed by atoms with Crippen molar-refractivity contribution in [2.24, 2.45) is 0 Å². The van der Waals surface area contributed by atoms with Gasteiger partial charge in [0, 0.05) is 11.6 Å². The molecule has 2 saturated heterocycles. The molecule has 41 heavy (non-hydrogen) atoms. The molecule has 8 nitrogen and oxygen atoms in total. The summed E-state index contributed by atoms with van der Waals surface area (Å²) < 4.78 is 65.5. The fourth-order valence-corrected chi connectivity index (χ4v) is 5.98. The van der Waals surface area contributed by atoms with Gasteiger partial charge in [0.25, 0.3) is 5.91 Å². The van der Waals surface area contributed by atoms with Gasteiger partial charge in [0.15, 0.2) is 6.73 Å². The molecule has 3 heterocycles.